The number of hydrazone groups is 1. The first-order chi connectivity index (χ1) is 15.5. The number of hydrogen-bond acceptors (Lipinski definition) is 5. The molecule has 32 heavy (non-hydrogen) atoms. The molecule has 2 N–H and O–H groups in total. The van der Waals surface area contributed by atoms with Gasteiger partial charge in [-0.15, -0.1) is 0 Å². The highest BCUT2D eigenvalue weighted by Gasteiger charge is 2.09. The van der Waals surface area contributed by atoms with Crippen LogP contribution < -0.4 is 20.2 Å². The van der Waals surface area contributed by atoms with Crippen molar-refractivity contribution in [2.45, 2.75) is 13.8 Å². The first-order valence-corrected chi connectivity index (χ1v) is 10.0. The van der Waals surface area contributed by atoms with Gasteiger partial charge in [-0.3, -0.25) is 9.59 Å². The molecule has 3 aromatic rings. The number of nitrogens with one attached hydrogen (secondary N) is 2. The smallest absolute Gasteiger partial charge is 0.271 e. The SMILES string of the molecule is COc1cccc(C(=O)N/N=C/c2ccccc2OCC(=O)Nc2ccc(C)cc2C)c1. The van der Waals surface area contributed by atoms with Gasteiger partial charge in [-0.25, -0.2) is 5.43 Å². The lowest BCUT2D eigenvalue weighted by Crippen LogP contribution is -2.21. The highest BCUT2D eigenvalue weighted by molar-refractivity contribution is 5.95. The summed E-state index contributed by atoms with van der Waals surface area (Å²) in [6.45, 7) is 3.78. The van der Waals surface area contributed by atoms with Crippen LogP contribution in [0, 0.1) is 13.8 Å². The molecule has 7 nitrogen and oxygen atoms in total. The summed E-state index contributed by atoms with van der Waals surface area (Å²) in [7, 11) is 1.54. The van der Waals surface area contributed by atoms with Crippen molar-refractivity contribution in [1.82, 2.24) is 5.43 Å². The van der Waals surface area contributed by atoms with Gasteiger partial charge in [-0.05, 0) is 55.8 Å². The summed E-state index contributed by atoms with van der Waals surface area (Å²) in [6.07, 6.45) is 1.47. The minimum absolute atomic E-state index is 0.158. The number of carbonyl (C=O) groups excluding carboxylic acids is 2. The van der Waals surface area contributed by atoms with Crippen LogP contribution >= 0.6 is 0 Å². The predicted octanol–water partition coefficient (Wildman–Crippen LogP) is 4.09. The number of anilines is 1. The maximum atomic E-state index is 12.3. The van der Waals surface area contributed by atoms with E-state index in [1.54, 1.807) is 42.5 Å². The minimum atomic E-state index is -0.369. The Morgan fingerprint density at radius 1 is 1.00 bits per heavy atom. The maximum Gasteiger partial charge on any atom is 0.271 e. The summed E-state index contributed by atoms with van der Waals surface area (Å²) >= 11 is 0. The molecule has 0 aliphatic heterocycles. The second-order valence-corrected chi connectivity index (χ2v) is 7.12. The Balaban J connectivity index is 1.59. The number of nitrogens with zero attached hydrogens (tertiary/aromatic N) is 1. The third-order valence-corrected chi connectivity index (χ3v) is 4.64. The summed E-state index contributed by atoms with van der Waals surface area (Å²) in [5.41, 5.74) is 6.38. The lowest BCUT2D eigenvalue weighted by atomic mass is 10.1. The number of aryl methyl sites for hydroxylation is 2. The molecule has 0 saturated carbocycles. The Labute approximate surface area is 187 Å². The highest BCUT2D eigenvalue weighted by Crippen LogP contribution is 2.18. The molecule has 0 atom stereocenters. The molecule has 0 radical (unpaired) electrons. The standard InChI is InChI=1S/C25H25N3O4/c1-17-11-12-22(18(2)13-17)27-24(29)16-32-23-10-5-4-7-20(23)15-26-28-25(30)19-8-6-9-21(14-19)31-3/h4-15H,16H2,1-3H3,(H,27,29)(H,28,30)/b26-15+. The Bertz CT molecular complexity index is 1140. The molecule has 0 heterocycles. The monoisotopic (exact) mass is 431 g/mol. The van der Waals surface area contributed by atoms with Gasteiger partial charge in [0.25, 0.3) is 11.8 Å². The molecule has 3 aromatic carbocycles. The molecule has 0 bridgehead atoms. The van der Waals surface area contributed by atoms with Gasteiger partial charge in [0.1, 0.15) is 11.5 Å². The summed E-state index contributed by atoms with van der Waals surface area (Å²) in [5.74, 6) is 0.420. The van der Waals surface area contributed by atoms with Crippen molar-refractivity contribution in [3.8, 4) is 11.5 Å². The van der Waals surface area contributed by atoms with E-state index in [4.69, 9.17) is 9.47 Å². The average Bonchev–Trinajstić information content (AvgIpc) is 2.80. The largest absolute Gasteiger partial charge is 0.497 e. The van der Waals surface area contributed by atoms with Crippen LogP contribution in [0.1, 0.15) is 27.0 Å². The summed E-state index contributed by atoms with van der Waals surface area (Å²) in [4.78, 5) is 24.6. The van der Waals surface area contributed by atoms with Gasteiger partial charge in [0.15, 0.2) is 6.61 Å². The van der Waals surface area contributed by atoms with Crippen molar-refractivity contribution in [2.75, 3.05) is 19.0 Å². The molecule has 0 spiro atoms. The number of hydrogen-bond donors (Lipinski definition) is 2. The van der Waals surface area contributed by atoms with Crippen LogP contribution in [0.2, 0.25) is 0 Å². The van der Waals surface area contributed by atoms with E-state index in [1.165, 1.54) is 13.3 Å². The van der Waals surface area contributed by atoms with Crippen LogP contribution in [0.4, 0.5) is 5.69 Å². The Hall–Kier alpha value is -4.13. The van der Waals surface area contributed by atoms with Crippen molar-refractivity contribution in [3.63, 3.8) is 0 Å². The Morgan fingerprint density at radius 2 is 1.81 bits per heavy atom. The molecule has 0 fully saturated rings. The van der Waals surface area contributed by atoms with E-state index in [9.17, 15) is 9.59 Å². The van der Waals surface area contributed by atoms with Crippen LogP contribution in [-0.4, -0.2) is 31.7 Å². The van der Waals surface area contributed by atoms with E-state index >= 15 is 0 Å². The van der Waals surface area contributed by atoms with Crippen LogP contribution in [0.25, 0.3) is 0 Å². The van der Waals surface area contributed by atoms with Crippen molar-refractivity contribution < 1.29 is 19.1 Å². The number of carbonyl (C=O) groups is 2. The van der Waals surface area contributed by atoms with E-state index in [2.05, 4.69) is 15.8 Å². The van der Waals surface area contributed by atoms with Crippen LogP contribution in [-0.2, 0) is 4.79 Å². The number of ether oxygens (including phenoxy) is 2. The predicted molar refractivity (Wildman–Crippen MR) is 125 cm³/mol. The number of amides is 2. The van der Waals surface area contributed by atoms with Crippen molar-refractivity contribution in [2.24, 2.45) is 5.10 Å². The van der Waals surface area contributed by atoms with E-state index < -0.39 is 0 Å². The van der Waals surface area contributed by atoms with Gasteiger partial charge in [0.2, 0.25) is 0 Å². The second-order valence-electron chi connectivity index (χ2n) is 7.12. The fraction of sp³-hybridized carbons (Fsp3) is 0.160. The van der Waals surface area contributed by atoms with Gasteiger partial charge >= 0.3 is 0 Å². The zero-order valence-electron chi connectivity index (χ0n) is 18.2. The van der Waals surface area contributed by atoms with Crippen molar-refractivity contribution in [3.05, 3.63) is 89.0 Å². The molecule has 7 heteroatoms. The van der Waals surface area contributed by atoms with Crippen LogP contribution in [0.3, 0.4) is 0 Å². The quantitative estimate of drug-likeness (QED) is 0.415. The van der Waals surface area contributed by atoms with Gasteiger partial charge in [-0.2, -0.15) is 5.10 Å². The van der Waals surface area contributed by atoms with Gasteiger partial charge in [0.05, 0.1) is 13.3 Å². The van der Waals surface area contributed by atoms with Gasteiger partial charge in [-0.1, -0.05) is 35.9 Å². The molecule has 0 unspecified atom stereocenters. The Morgan fingerprint density at radius 3 is 2.59 bits per heavy atom. The molecular formula is C25H25N3O4. The molecule has 0 aromatic heterocycles. The molecule has 0 saturated heterocycles. The topological polar surface area (TPSA) is 89.0 Å². The van der Waals surface area contributed by atoms with E-state index in [0.717, 1.165) is 16.8 Å². The zero-order valence-corrected chi connectivity index (χ0v) is 18.2. The zero-order chi connectivity index (χ0) is 22.9. The van der Waals surface area contributed by atoms with Crippen LogP contribution in [0.5, 0.6) is 11.5 Å². The van der Waals surface area contributed by atoms with Crippen molar-refractivity contribution >= 4 is 23.7 Å². The van der Waals surface area contributed by atoms with E-state index in [0.29, 0.717) is 22.6 Å². The lowest BCUT2D eigenvalue weighted by Gasteiger charge is -2.11. The fourth-order valence-electron chi connectivity index (χ4n) is 2.99. The average molecular weight is 431 g/mol. The third kappa shape index (κ3) is 6.18. The summed E-state index contributed by atoms with van der Waals surface area (Å²) < 4.78 is 10.8. The molecule has 0 aliphatic rings. The third-order valence-electron chi connectivity index (χ3n) is 4.64. The van der Waals surface area contributed by atoms with Crippen molar-refractivity contribution in [1.29, 1.82) is 0 Å². The molecule has 2 amide bonds. The molecule has 0 aliphatic carbocycles. The minimum Gasteiger partial charge on any atom is -0.497 e. The second kappa shape index (κ2) is 10.8. The first kappa shape index (κ1) is 22.6. The first-order valence-electron chi connectivity index (χ1n) is 10.0. The number of para-hydroxylation sites is 1. The molecule has 3 rings (SSSR count). The number of rotatable bonds is 8. The van der Waals surface area contributed by atoms with Gasteiger partial charge < -0.3 is 14.8 Å². The van der Waals surface area contributed by atoms with Gasteiger partial charge in [0, 0.05) is 16.8 Å². The fourth-order valence-corrected chi connectivity index (χ4v) is 2.99. The maximum absolute atomic E-state index is 12.3. The summed E-state index contributed by atoms with van der Waals surface area (Å²) in [6, 6.07) is 19.7. The Kier molecular flexibility index (Phi) is 7.59. The summed E-state index contributed by atoms with van der Waals surface area (Å²) in [5, 5.41) is 6.85. The van der Waals surface area contributed by atoms with E-state index in [1.807, 2.05) is 38.1 Å². The van der Waals surface area contributed by atoms with Crippen LogP contribution in [0.15, 0.2) is 71.8 Å². The lowest BCUT2D eigenvalue weighted by molar-refractivity contribution is -0.118. The van der Waals surface area contributed by atoms with E-state index in [-0.39, 0.29) is 18.4 Å². The highest BCUT2D eigenvalue weighted by atomic mass is 16.5. The number of benzene rings is 3. The normalized spacial score (nSPS) is 10.6. The molecule has 164 valence electrons. The number of methoxy groups -OCH3 is 1. The molecular weight excluding hydrogens is 406 g/mol.